The Kier molecular flexibility index (Phi) is 6.56. The molecule has 29 heavy (non-hydrogen) atoms. The Hall–Kier alpha value is -2.02. The average molecular weight is 618 g/mol. The van der Waals surface area contributed by atoms with Gasteiger partial charge in [0.05, 0.1) is 18.2 Å². The summed E-state index contributed by atoms with van der Waals surface area (Å²) in [6.07, 6.45) is 1.68. The van der Waals surface area contributed by atoms with Gasteiger partial charge in [0.2, 0.25) is 5.90 Å². The van der Waals surface area contributed by atoms with E-state index in [1.807, 2.05) is 26.0 Å². The van der Waals surface area contributed by atoms with Gasteiger partial charge in [-0.1, -0.05) is 6.07 Å². The summed E-state index contributed by atoms with van der Waals surface area (Å²) in [6.45, 7) is 5.52. The normalized spacial score (nSPS) is 14.9. The van der Waals surface area contributed by atoms with Crippen LogP contribution in [0.5, 0.6) is 5.75 Å². The summed E-state index contributed by atoms with van der Waals surface area (Å²) >= 11 is 4.38. The van der Waals surface area contributed by atoms with Crippen LogP contribution < -0.4 is 4.74 Å². The maximum Gasteiger partial charge on any atom is 0.363 e. The standard InChI is InChI=1S/C20H16I2N2O5/c1-10(2)28-18-14(21)7-12(8-15(18)22)9-16-20(25)29-19(23-16)13-5-4-6-17(11(13)3)24(26)27/h4-10H,1-3H3/b16-9-. The number of hydrogen-bond donors (Lipinski definition) is 0. The fourth-order valence-corrected chi connectivity index (χ4v) is 4.82. The second-order valence-corrected chi connectivity index (χ2v) is 8.85. The van der Waals surface area contributed by atoms with E-state index in [2.05, 4.69) is 50.2 Å². The summed E-state index contributed by atoms with van der Waals surface area (Å²) in [5, 5.41) is 11.2. The van der Waals surface area contributed by atoms with E-state index in [9.17, 15) is 14.9 Å². The van der Waals surface area contributed by atoms with Crippen molar-refractivity contribution in [1.82, 2.24) is 0 Å². The molecule has 2 aromatic rings. The first kappa shape index (κ1) is 21.7. The Morgan fingerprint density at radius 2 is 1.90 bits per heavy atom. The molecule has 0 aromatic heterocycles. The van der Waals surface area contributed by atoms with Gasteiger partial charge in [-0.25, -0.2) is 9.79 Å². The van der Waals surface area contributed by atoms with E-state index in [0.29, 0.717) is 11.1 Å². The van der Waals surface area contributed by atoms with Crippen LogP contribution in [0.15, 0.2) is 41.0 Å². The van der Waals surface area contributed by atoms with Gasteiger partial charge in [-0.05, 0) is 95.8 Å². The van der Waals surface area contributed by atoms with E-state index < -0.39 is 10.9 Å². The van der Waals surface area contributed by atoms with Crippen molar-refractivity contribution in [3.8, 4) is 5.75 Å². The van der Waals surface area contributed by atoms with Crippen molar-refractivity contribution >= 4 is 68.8 Å². The van der Waals surface area contributed by atoms with Crippen molar-refractivity contribution in [2.45, 2.75) is 26.9 Å². The third-order valence-electron chi connectivity index (χ3n) is 4.03. The molecule has 1 aliphatic heterocycles. The summed E-state index contributed by atoms with van der Waals surface area (Å²) in [5.74, 6) is 0.263. The van der Waals surface area contributed by atoms with Crippen LogP contribution in [-0.4, -0.2) is 22.9 Å². The Bertz CT molecular complexity index is 1050. The lowest BCUT2D eigenvalue weighted by molar-refractivity contribution is -0.385. The molecule has 0 spiro atoms. The lowest BCUT2D eigenvalue weighted by Crippen LogP contribution is -2.08. The number of carbonyl (C=O) groups is 1. The molecular weight excluding hydrogens is 602 g/mol. The van der Waals surface area contributed by atoms with Gasteiger partial charge in [0.15, 0.2) is 5.70 Å². The first-order chi connectivity index (χ1) is 13.7. The first-order valence-corrected chi connectivity index (χ1v) is 10.8. The second-order valence-electron chi connectivity index (χ2n) is 6.52. The summed E-state index contributed by atoms with van der Waals surface area (Å²) < 4.78 is 12.9. The Labute approximate surface area is 194 Å². The molecule has 0 unspecified atom stereocenters. The predicted molar refractivity (Wildman–Crippen MR) is 126 cm³/mol. The topological polar surface area (TPSA) is 91.0 Å². The van der Waals surface area contributed by atoms with Crippen LogP contribution >= 0.6 is 45.2 Å². The Balaban J connectivity index is 1.98. The Morgan fingerprint density at radius 1 is 1.24 bits per heavy atom. The van der Waals surface area contributed by atoms with Gasteiger partial charge in [-0.15, -0.1) is 0 Å². The van der Waals surface area contributed by atoms with Gasteiger partial charge in [0.25, 0.3) is 5.69 Å². The van der Waals surface area contributed by atoms with Crippen LogP contribution in [0.4, 0.5) is 5.69 Å². The number of benzene rings is 2. The molecule has 0 fully saturated rings. The number of hydrogen-bond acceptors (Lipinski definition) is 6. The minimum atomic E-state index is -0.599. The van der Waals surface area contributed by atoms with Crippen LogP contribution in [0, 0.1) is 24.2 Å². The Morgan fingerprint density at radius 3 is 2.48 bits per heavy atom. The number of carbonyl (C=O) groups excluding carboxylic acids is 1. The van der Waals surface area contributed by atoms with Crippen LogP contribution in [0.25, 0.3) is 6.08 Å². The van der Waals surface area contributed by atoms with Gasteiger partial charge >= 0.3 is 5.97 Å². The van der Waals surface area contributed by atoms with Crippen molar-refractivity contribution in [1.29, 1.82) is 0 Å². The van der Waals surface area contributed by atoms with E-state index >= 15 is 0 Å². The number of halogens is 2. The number of rotatable bonds is 5. The molecule has 3 rings (SSSR count). The SMILES string of the molecule is Cc1c(C2=N/C(=C\c3cc(I)c(OC(C)C)c(I)c3)C(=O)O2)cccc1[N+](=O)[O-]. The third-order valence-corrected chi connectivity index (χ3v) is 5.63. The number of esters is 1. The van der Waals surface area contributed by atoms with Crippen LogP contribution in [-0.2, 0) is 9.53 Å². The number of nitro benzene ring substituents is 1. The molecule has 0 amide bonds. The van der Waals surface area contributed by atoms with Crippen molar-refractivity contribution < 1.29 is 19.2 Å². The summed E-state index contributed by atoms with van der Waals surface area (Å²) in [6, 6.07) is 8.37. The molecule has 0 saturated carbocycles. The molecule has 0 radical (unpaired) electrons. The highest BCUT2D eigenvalue weighted by Gasteiger charge is 2.27. The van der Waals surface area contributed by atoms with Gasteiger partial charge in [-0.2, -0.15) is 0 Å². The fraction of sp³-hybridized carbons (Fsp3) is 0.200. The highest BCUT2D eigenvalue weighted by molar-refractivity contribution is 14.1. The molecular formula is C20H16I2N2O5. The van der Waals surface area contributed by atoms with Crippen molar-refractivity contribution in [3.05, 3.63) is 70.0 Å². The first-order valence-electron chi connectivity index (χ1n) is 8.60. The van der Waals surface area contributed by atoms with Crippen molar-refractivity contribution in [2.24, 2.45) is 4.99 Å². The maximum atomic E-state index is 12.3. The molecule has 0 saturated heterocycles. The second kappa shape index (κ2) is 8.78. The average Bonchev–Trinajstić information content (AvgIpc) is 2.98. The van der Waals surface area contributed by atoms with Crippen molar-refractivity contribution in [3.63, 3.8) is 0 Å². The van der Waals surface area contributed by atoms with Gasteiger partial charge in [-0.3, -0.25) is 10.1 Å². The van der Waals surface area contributed by atoms with E-state index in [4.69, 9.17) is 9.47 Å². The minimum Gasteiger partial charge on any atom is -0.489 e. The summed E-state index contributed by atoms with van der Waals surface area (Å²) in [4.78, 5) is 27.3. The molecule has 0 N–H and O–H groups in total. The van der Waals surface area contributed by atoms with E-state index in [1.165, 1.54) is 12.1 Å². The van der Waals surface area contributed by atoms with Crippen LogP contribution in [0.3, 0.4) is 0 Å². The number of cyclic esters (lactones) is 1. The third kappa shape index (κ3) is 4.77. The molecule has 2 aromatic carbocycles. The van der Waals surface area contributed by atoms with E-state index in [1.54, 1.807) is 19.1 Å². The number of aliphatic imine (C=N–C) groups is 1. The lowest BCUT2D eigenvalue weighted by Gasteiger charge is -2.14. The molecule has 150 valence electrons. The smallest absolute Gasteiger partial charge is 0.363 e. The monoisotopic (exact) mass is 618 g/mol. The zero-order valence-electron chi connectivity index (χ0n) is 15.7. The quantitative estimate of drug-likeness (QED) is 0.150. The summed E-state index contributed by atoms with van der Waals surface area (Å²) in [5.41, 5.74) is 1.67. The molecule has 1 heterocycles. The molecule has 0 aliphatic carbocycles. The fourth-order valence-electron chi connectivity index (χ4n) is 2.75. The maximum absolute atomic E-state index is 12.3. The number of nitrogens with zero attached hydrogens (tertiary/aromatic N) is 2. The highest BCUT2D eigenvalue weighted by Crippen LogP contribution is 2.31. The van der Waals surface area contributed by atoms with Gasteiger partial charge in [0, 0.05) is 17.2 Å². The zero-order valence-corrected chi connectivity index (χ0v) is 20.0. The molecule has 1 aliphatic rings. The van der Waals surface area contributed by atoms with Crippen LogP contribution in [0.1, 0.15) is 30.5 Å². The largest absolute Gasteiger partial charge is 0.489 e. The van der Waals surface area contributed by atoms with Gasteiger partial charge in [0.1, 0.15) is 5.75 Å². The minimum absolute atomic E-state index is 0.0522. The molecule has 0 atom stereocenters. The van der Waals surface area contributed by atoms with E-state index in [0.717, 1.165) is 18.5 Å². The predicted octanol–water partition coefficient (Wildman–Crippen LogP) is 5.24. The summed E-state index contributed by atoms with van der Waals surface area (Å²) in [7, 11) is 0. The number of nitro groups is 1. The van der Waals surface area contributed by atoms with E-state index in [-0.39, 0.29) is 23.4 Å². The lowest BCUT2D eigenvalue weighted by atomic mass is 10.1. The van der Waals surface area contributed by atoms with Gasteiger partial charge < -0.3 is 9.47 Å². The zero-order chi connectivity index (χ0) is 21.3. The molecule has 7 nitrogen and oxygen atoms in total. The highest BCUT2D eigenvalue weighted by atomic mass is 127. The van der Waals surface area contributed by atoms with Crippen LogP contribution in [0.2, 0.25) is 0 Å². The molecule has 0 bridgehead atoms. The van der Waals surface area contributed by atoms with Crippen molar-refractivity contribution in [2.75, 3.05) is 0 Å². The number of ether oxygens (including phenoxy) is 2. The molecule has 9 heteroatoms.